The van der Waals surface area contributed by atoms with Crippen molar-refractivity contribution in [3.05, 3.63) is 34.2 Å². The number of hydrogen-bond acceptors (Lipinski definition) is 6. The lowest BCUT2D eigenvalue weighted by Crippen LogP contribution is -2.53. The molecule has 1 unspecified atom stereocenters. The van der Waals surface area contributed by atoms with Crippen LogP contribution in [0.3, 0.4) is 0 Å². The molecule has 2 aromatic rings. The lowest BCUT2D eigenvalue weighted by Gasteiger charge is -2.35. The van der Waals surface area contributed by atoms with E-state index in [2.05, 4.69) is 4.98 Å². The number of ether oxygens (including phenoxy) is 3. The van der Waals surface area contributed by atoms with Crippen LogP contribution in [0.2, 0.25) is 0 Å². The van der Waals surface area contributed by atoms with E-state index in [-0.39, 0.29) is 30.5 Å². The van der Waals surface area contributed by atoms with Gasteiger partial charge in [0.1, 0.15) is 11.2 Å². The second-order valence-corrected chi connectivity index (χ2v) is 10.2. The Hall–Kier alpha value is -2.85. The van der Waals surface area contributed by atoms with Gasteiger partial charge in [-0.1, -0.05) is 0 Å². The SMILES string of the molecule is COCCCn1cc(CN(C(=O)C2CN(C(=O)OC(C)(C)C)CCO2)C2CC2)c2c(=O)cc[nH]c21. The molecular formula is C25H36N4O6. The van der Waals surface area contributed by atoms with Crippen molar-refractivity contribution in [1.29, 1.82) is 0 Å². The van der Waals surface area contributed by atoms with Gasteiger partial charge in [0.15, 0.2) is 11.5 Å². The Kier molecular flexibility index (Phi) is 7.51. The Bertz CT molecular complexity index is 1110. The van der Waals surface area contributed by atoms with Gasteiger partial charge in [-0.15, -0.1) is 0 Å². The fourth-order valence-electron chi connectivity index (χ4n) is 4.43. The summed E-state index contributed by atoms with van der Waals surface area (Å²) in [4.78, 5) is 45.5. The van der Waals surface area contributed by atoms with Crippen LogP contribution in [-0.4, -0.2) is 82.5 Å². The normalized spacial score (nSPS) is 18.6. The molecule has 1 atom stereocenters. The van der Waals surface area contributed by atoms with Crippen molar-refractivity contribution in [1.82, 2.24) is 19.4 Å². The molecule has 2 aromatic heterocycles. The van der Waals surface area contributed by atoms with Gasteiger partial charge in [0.2, 0.25) is 0 Å². The van der Waals surface area contributed by atoms with Gasteiger partial charge in [-0.3, -0.25) is 9.59 Å². The van der Waals surface area contributed by atoms with Crippen molar-refractivity contribution in [2.45, 2.75) is 70.9 Å². The van der Waals surface area contributed by atoms with Crippen molar-refractivity contribution in [2.75, 3.05) is 33.4 Å². The molecule has 0 aromatic carbocycles. The van der Waals surface area contributed by atoms with E-state index in [0.29, 0.717) is 31.6 Å². The highest BCUT2D eigenvalue weighted by atomic mass is 16.6. The smallest absolute Gasteiger partial charge is 0.410 e. The number of aromatic nitrogens is 2. The third kappa shape index (κ3) is 6.05. The number of nitrogens with one attached hydrogen (secondary N) is 1. The first kappa shape index (κ1) is 25.2. The molecule has 2 amide bonds. The molecule has 10 nitrogen and oxygen atoms in total. The molecule has 10 heteroatoms. The Morgan fingerprint density at radius 1 is 1.29 bits per heavy atom. The van der Waals surface area contributed by atoms with Gasteiger partial charge < -0.3 is 33.6 Å². The van der Waals surface area contributed by atoms with Crippen molar-refractivity contribution in [2.24, 2.45) is 0 Å². The average Bonchev–Trinajstić information content (AvgIpc) is 3.59. The van der Waals surface area contributed by atoms with Crippen molar-refractivity contribution < 1.29 is 23.8 Å². The van der Waals surface area contributed by atoms with E-state index in [1.54, 1.807) is 13.3 Å². The van der Waals surface area contributed by atoms with E-state index in [0.717, 1.165) is 30.5 Å². The number of aryl methyl sites for hydroxylation is 1. The Balaban J connectivity index is 1.53. The summed E-state index contributed by atoms with van der Waals surface area (Å²) < 4.78 is 18.5. The van der Waals surface area contributed by atoms with Crippen LogP contribution in [0.15, 0.2) is 23.3 Å². The molecule has 0 radical (unpaired) electrons. The summed E-state index contributed by atoms with van der Waals surface area (Å²) in [6, 6.07) is 1.62. The number of morpholine rings is 1. The Labute approximate surface area is 205 Å². The van der Waals surface area contributed by atoms with Crippen LogP contribution in [0, 0.1) is 0 Å². The summed E-state index contributed by atoms with van der Waals surface area (Å²) >= 11 is 0. The zero-order valence-electron chi connectivity index (χ0n) is 21.0. The minimum atomic E-state index is -0.759. The Morgan fingerprint density at radius 3 is 2.74 bits per heavy atom. The van der Waals surface area contributed by atoms with Crippen molar-refractivity contribution >= 4 is 23.0 Å². The molecule has 1 saturated heterocycles. The van der Waals surface area contributed by atoms with Crippen LogP contribution in [0.1, 0.15) is 45.6 Å². The first-order valence-electron chi connectivity index (χ1n) is 12.3. The van der Waals surface area contributed by atoms with Gasteiger partial charge in [0.05, 0.1) is 18.5 Å². The fourth-order valence-corrected chi connectivity index (χ4v) is 4.43. The number of rotatable bonds is 8. The van der Waals surface area contributed by atoms with Gasteiger partial charge in [0.25, 0.3) is 5.91 Å². The van der Waals surface area contributed by atoms with E-state index >= 15 is 0 Å². The number of amides is 2. The van der Waals surface area contributed by atoms with E-state index in [4.69, 9.17) is 14.2 Å². The molecule has 3 heterocycles. The molecule has 35 heavy (non-hydrogen) atoms. The van der Waals surface area contributed by atoms with Crippen LogP contribution in [0.4, 0.5) is 4.79 Å². The number of fused-ring (bicyclic) bond motifs is 1. The summed E-state index contributed by atoms with van der Waals surface area (Å²) in [5.74, 6) is -0.159. The summed E-state index contributed by atoms with van der Waals surface area (Å²) in [6.07, 6.45) is 5.03. The predicted molar refractivity (Wildman–Crippen MR) is 130 cm³/mol. The molecule has 1 aliphatic heterocycles. The number of aromatic amines is 1. The molecule has 0 spiro atoms. The maximum Gasteiger partial charge on any atom is 0.410 e. The molecular weight excluding hydrogens is 452 g/mol. The first-order valence-corrected chi connectivity index (χ1v) is 12.3. The zero-order chi connectivity index (χ0) is 25.2. The largest absolute Gasteiger partial charge is 0.444 e. The summed E-state index contributed by atoms with van der Waals surface area (Å²) in [5.41, 5.74) is 0.864. The maximum atomic E-state index is 13.6. The predicted octanol–water partition coefficient (Wildman–Crippen LogP) is 2.49. The lowest BCUT2D eigenvalue weighted by atomic mass is 10.1. The second kappa shape index (κ2) is 10.4. The highest BCUT2D eigenvalue weighted by Crippen LogP contribution is 2.31. The van der Waals surface area contributed by atoms with Gasteiger partial charge in [-0.05, 0) is 40.0 Å². The van der Waals surface area contributed by atoms with Gasteiger partial charge in [0, 0.05) is 63.4 Å². The number of carbonyl (C=O) groups is 2. The molecule has 1 aliphatic carbocycles. The third-order valence-electron chi connectivity index (χ3n) is 6.21. The number of carbonyl (C=O) groups excluding carboxylic acids is 2. The third-order valence-corrected chi connectivity index (χ3v) is 6.21. The van der Waals surface area contributed by atoms with Crippen LogP contribution in [-0.2, 0) is 32.1 Å². The van der Waals surface area contributed by atoms with Crippen molar-refractivity contribution in [3.8, 4) is 0 Å². The van der Waals surface area contributed by atoms with Crippen molar-refractivity contribution in [3.63, 3.8) is 0 Å². The van der Waals surface area contributed by atoms with E-state index < -0.39 is 17.8 Å². The number of nitrogens with zero attached hydrogens (tertiary/aromatic N) is 3. The molecule has 1 saturated carbocycles. The minimum absolute atomic E-state index is 0.0764. The summed E-state index contributed by atoms with van der Waals surface area (Å²) in [6.45, 7) is 7.87. The highest BCUT2D eigenvalue weighted by Gasteiger charge is 2.40. The molecule has 2 aliphatic rings. The van der Waals surface area contributed by atoms with Crippen LogP contribution < -0.4 is 5.43 Å². The topological polar surface area (TPSA) is 106 Å². The fraction of sp³-hybridized carbons (Fsp3) is 0.640. The van der Waals surface area contributed by atoms with Gasteiger partial charge in [-0.25, -0.2) is 4.79 Å². The first-order chi connectivity index (χ1) is 16.7. The Morgan fingerprint density at radius 2 is 2.06 bits per heavy atom. The standard InChI is InChI=1S/C25H36N4O6/c1-25(2,3)35-24(32)28-11-13-34-20(16-28)23(31)29(18-6-7-18)15-17-14-27(10-5-12-33-4)22-21(17)19(30)8-9-26-22/h8-9,14,18,20H,5-7,10-13,15-16H2,1-4H3,(H,26,30). The maximum absolute atomic E-state index is 13.6. The summed E-state index contributed by atoms with van der Waals surface area (Å²) in [5, 5.41) is 0.600. The second-order valence-electron chi connectivity index (χ2n) is 10.2. The van der Waals surface area contributed by atoms with E-state index in [9.17, 15) is 14.4 Å². The van der Waals surface area contributed by atoms with Gasteiger partial charge >= 0.3 is 6.09 Å². The van der Waals surface area contributed by atoms with E-state index in [1.165, 1.54) is 11.0 Å². The van der Waals surface area contributed by atoms with Crippen LogP contribution in [0.5, 0.6) is 0 Å². The monoisotopic (exact) mass is 488 g/mol. The number of pyridine rings is 1. The number of H-pyrrole nitrogens is 1. The van der Waals surface area contributed by atoms with Crippen LogP contribution >= 0.6 is 0 Å². The molecule has 192 valence electrons. The average molecular weight is 489 g/mol. The molecule has 2 fully saturated rings. The summed E-state index contributed by atoms with van der Waals surface area (Å²) in [7, 11) is 1.66. The van der Waals surface area contributed by atoms with Gasteiger partial charge in [-0.2, -0.15) is 0 Å². The number of methoxy groups -OCH3 is 1. The highest BCUT2D eigenvalue weighted by molar-refractivity contribution is 5.84. The van der Waals surface area contributed by atoms with Crippen LogP contribution in [0.25, 0.3) is 11.0 Å². The number of hydrogen-bond donors (Lipinski definition) is 1. The molecule has 0 bridgehead atoms. The molecule has 1 N–H and O–H groups in total. The zero-order valence-corrected chi connectivity index (χ0v) is 21.0. The van der Waals surface area contributed by atoms with E-state index in [1.807, 2.05) is 36.4 Å². The molecule has 4 rings (SSSR count). The minimum Gasteiger partial charge on any atom is -0.444 e. The quantitative estimate of drug-likeness (QED) is 0.573. The lowest BCUT2D eigenvalue weighted by molar-refractivity contribution is -0.150.